The first kappa shape index (κ1) is 10.5. The summed E-state index contributed by atoms with van der Waals surface area (Å²) in [4.78, 5) is 3.58. The van der Waals surface area contributed by atoms with Gasteiger partial charge in [-0.1, -0.05) is 43.7 Å². The number of nitrogens with zero attached hydrogens (tertiary/aromatic N) is 1. The molecule has 2 fully saturated rings. The van der Waals surface area contributed by atoms with Gasteiger partial charge < -0.3 is 4.90 Å². The Bertz CT molecular complexity index is 231. The summed E-state index contributed by atoms with van der Waals surface area (Å²) in [6, 6.07) is 0.769. The first-order chi connectivity index (χ1) is 6.68. The third-order valence-corrected chi connectivity index (χ3v) is 4.48. The summed E-state index contributed by atoms with van der Waals surface area (Å²) in [6.45, 7) is 0. The van der Waals surface area contributed by atoms with E-state index in [4.69, 9.17) is 12.2 Å². The molecule has 0 radical (unpaired) electrons. The molecule has 2 aliphatic rings. The topological polar surface area (TPSA) is 3.24 Å². The van der Waals surface area contributed by atoms with Crippen molar-refractivity contribution in [3.05, 3.63) is 0 Å². The van der Waals surface area contributed by atoms with Crippen molar-refractivity contribution in [2.75, 3.05) is 7.05 Å². The monoisotopic (exact) mass is 209 g/mol. The second kappa shape index (κ2) is 4.22. The lowest BCUT2D eigenvalue weighted by Gasteiger charge is -2.30. The smallest absolute Gasteiger partial charge is 0.105 e. The molecule has 3 unspecified atom stereocenters. The van der Waals surface area contributed by atoms with Gasteiger partial charge >= 0.3 is 0 Å². The van der Waals surface area contributed by atoms with Gasteiger partial charge in [0.2, 0.25) is 0 Å². The van der Waals surface area contributed by atoms with Crippen LogP contribution in [0.25, 0.3) is 0 Å². The molecule has 3 heteroatoms. The second-order valence-corrected chi connectivity index (χ2v) is 5.63. The maximum Gasteiger partial charge on any atom is 0.105 e. The van der Waals surface area contributed by atoms with Gasteiger partial charge in [-0.3, -0.25) is 0 Å². The fourth-order valence-corrected chi connectivity index (χ4v) is 3.51. The number of hydrogen-bond donors (Lipinski definition) is 0. The van der Waals surface area contributed by atoms with Gasteiger partial charge in [-0.15, -0.1) is 0 Å². The molecule has 1 nitrogen and oxygen atoms in total. The molecular weight excluding hydrogens is 189 g/mol. The molecule has 1 saturated carbocycles. The Morgan fingerprint density at radius 3 is 2.86 bits per heavy atom. The Morgan fingerprint density at radius 1 is 1.36 bits per heavy atom. The summed E-state index contributed by atoms with van der Waals surface area (Å²) in [6.07, 6.45) is 8.20. The lowest BCUT2D eigenvalue weighted by molar-refractivity contribution is 0.260. The summed E-state index contributed by atoms with van der Waals surface area (Å²) in [7, 11) is 4.60. The van der Waals surface area contributed by atoms with Crippen molar-refractivity contribution in [3.8, 4) is 0 Å². The first-order valence-corrected chi connectivity index (χ1v) is 6.35. The molecular formula is C11H20BNS. The van der Waals surface area contributed by atoms with Crippen LogP contribution in [0.4, 0.5) is 0 Å². The molecule has 1 heterocycles. The van der Waals surface area contributed by atoms with Crippen molar-refractivity contribution in [1.82, 2.24) is 4.90 Å². The highest BCUT2D eigenvalue weighted by molar-refractivity contribution is 7.80. The average Bonchev–Trinajstić information content (AvgIpc) is 2.35. The summed E-state index contributed by atoms with van der Waals surface area (Å²) in [5.41, 5.74) is 0. The SMILES string of the molecule is BC1CCCCC2C(CC(=S)N2C)C1. The maximum absolute atomic E-state index is 5.41. The minimum atomic E-state index is 0.769. The van der Waals surface area contributed by atoms with Crippen molar-refractivity contribution in [2.45, 2.75) is 50.4 Å². The Balaban J connectivity index is 2.07. The van der Waals surface area contributed by atoms with Crippen LogP contribution in [0.2, 0.25) is 5.82 Å². The maximum atomic E-state index is 5.41. The minimum absolute atomic E-state index is 0.769. The minimum Gasteiger partial charge on any atom is -0.366 e. The lowest BCUT2D eigenvalue weighted by Crippen LogP contribution is -2.32. The molecule has 2 rings (SSSR count). The fourth-order valence-electron chi connectivity index (χ4n) is 3.16. The van der Waals surface area contributed by atoms with Gasteiger partial charge in [0.25, 0.3) is 0 Å². The normalized spacial score (nSPS) is 39.1. The largest absolute Gasteiger partial charge is 0.366 e. The van der Waals surface area contributed by atoms with Gasteiger partial charge in [-0.2, -0.15) is 0 Å². The van der Waals surface area contributed by atoms with E-state index in [-0.39, 0.29) is 0 Å². The molecule has 14 heavy (non-hydrogen) atoms. The van der Waals surface area contributed by atoms with E-state index in [1.165, 1.54) is 43.5 Å². The second-order valence-electron chi connectivity index (χ2n) is 5.16. The Kier molecular flexibility index (Phi) is 3.15. The third kappa shape index (κ3) is 1.97. The van der Waals surface area contributed by atoms with Crippen molar-refractivity contribution < 1.29 is 0 Å². The van der Waals surface area contributed by atoms with E-state index < -0.39 is 0 Å². The molecule has 0 aromatic carbocycles. The summed E-state index contributed by atoms with van der Waals surface area (Å²) in [5.74, 6) is 1.78. The molecule has 0 N–H and O–H groups in total. The van der Waals surface area contributed by atoms with Crippen molar-refractivity contribution >= 4 is 25.1 Å². The molecule has 1 aliphatic heterocycles. The molecule has 0 aromatic rings. The van der Waals surface area contributed by atoms with Gasteiger partial charge in [0, 0.05) is 19.5 Å². The predicted molar refractivity (Wildman–Crippen MR) is 67.6 cm³/mol. The zero-order valence-corrected chi connectivity index (χ0v) is 10.1. The van der Waals surface area contributed by atoms with Crippen molar-refractivity contribution in [2.24, 2.45) is 5.92 Å². The zero-order valence-electron chi connectivity index (χ0n) is 9.33. The Labute approximate surface area is 93.6 Å². The summed E-state index contributed by atoms with van der Waals surface area (Å²) >= 11 is 5.41. The standard InChI is InChI=1S/C11H20BNS/c1-13-10-5-3-2-4-9(12)6-8(10)7-11(13)14/h8-10H,2-7,12H2,1H3. The molecule has 78 valence electrons. The van der Waals surface area contributed by atoms with Crippen LogP contribution in [0.3, 0.4) is 0 Å². The van der Waals surface area contributed by atoms with E-state index >= 15 is 0 Å². The van der Waals surface area contributed by atoms with Gasteiger partial charge in [0.1, 0.15) is 7.85 Å². The number of likely N-dealkylation sites (tertiary alicyclic amines) is 1. The van der Waals surface area contributed by atoms with Gasteiger partial charge in [-0.05, 0) is 12.3 Å². The van der Waals surface area contributed by atoms with Crippen molar-refractivity contribution in [1.29, 1.82) is 0 Å². The van der Waals surface area contributed by atoms with E-state index in [9.17, 15) is 0 Å². The first-order valence-electron chi connectivity index (χ1n) is 5.94. The molecule has 0 spiro atoms. The lowest BCUT2D eigenvalue weighted by atomic mass is 9.72. The van der Waals surface area contributed by atoms with Gasteiger partial charge in [0.15, 0.2) is 0 Å². The van der Waals surface area contributed by atoms with Crippen LogP contribution in [-0.2, 0) is 0 Å². The van der Waals surface area contributed by atoms with Crippen LogP contribution >= 0.6 is 12.2 Å². The predicted octanol–water partition coefficient (Wildman–Crippen LogP) is 2.02. The Hall–Kier alpha value is -0.0451. The third-order valence-electron chi connectivity index (χ3n) is 4.02. The van der Waals surface area contributed by atoms with Crippen LogP contribution in [0.5, 0.6) is 0 Å². The van der Waals surface area contributed by atoms with E-state index in [2.05, 4.69) is 19.8 Å². The van der Waals surface area contributed by atoms with Crippen LogP contribution in [0.1, 0.15) is 38.5 Å². The molecule has 1 saturated heterocycles. The van der Waals surface area contributed by atoms with Gasteiger partial charge in [0.05, 0.1) is 4.99 Å². The molecule has 0 aromatic heterocycles. The highest BCUT2D eigenvalue weighted by atomic mass is 32.1. The molecule has 3 atom stereocenters. The summed E-state index contributed by atoms with van der Waals surface area (Å²) in [5, 5.41) is 0. The highest BCUT2D eigenvalue weighted by Gasteiger charge is 2.35. The van der Waals surface area contributed by atoms with E-state index in [1.807, 2.05) is 0 Å². The number of hydrogen-bond acceptors (Lipinski definition) is 1. The zero-order chi connectivity index (χ0) is 10.1. The van der Waals surface area contributed by atoms with E-state index in [0.717, 1.165) is 17.8 Å². The van der Waals surface area contributed by atoms with E-state index in [0.29, 0.717) is 0 Å². The molecule has 0 bridgehead atoms. The summed E-state index contributed by atoms with van der Waals surface area (Å²) < 4.78 is 0. The number of fused-ring (bicyclic) bond motifs is 1. The van der Waals surface area contributed by atoms with E-state index in [1.54, 1.807) is 0 Å². The van der Waals surface area contributed by atoms with Crippen LogP contribution in [0.15, 0.2) is 0 Å². The number of thiocarbonyl (C=S) groups is 1. The molecule has 0 amide bonds. The fraction of sp³-hybridized carbons (Fsp3) is 0.909. The van der Waals surface area contributed by atoms with Crippen LogP contribution in [0, 0.1) is 5.92 Å². The Morgan fingerprint density at radius 2 is 2.07 bits per heavy atom. The average molecular weight is 209 g/mol. The molecule has 1 aliphatic carbocycles. The van der Waals surface area contributed by atoms with Crippen molar-refractivity contribution in [3.63, 3.8) is 0 Å². The van der Waals surface area contributed by atoms with Gasteiger partial charge in [-0.25, -0.2) is 0 Å². The van der Waals surface area contributed by atoms with Crippen LogP contribution < -0.4 is 0 Å². The quantitative estimate of drug-likeness (QED) is 0.443. The highest BCUT2D eigenvalue weighted by Crippen LogP contribution is 2.37. The number of rotatable bonds is 0. The van der Waals surface area contributed by atoms with Crippen LogP contribution in [-0.4, -0.2) is 30.8 Å².